The predicted octanol–water partition coefficient (Wildman–Crippen LogP) is 6.42. The standard InChI is InChI=1S/C24H16N2/c1-4-10-21-17(7-1)20-15-16(13-14-22(20)25-21)26-23-11-5-2-8-18(23)19-9-3-6-12-24(19)26/h1-15,25H/i1D,2D,3D,4D,5D,6D,7D,8D,9D,10D,11D,12D,13D,14D,15D. The van der Waals surface area contributed by atoms with Crippen LogP contribution in [0.1, 0.15) is 20.6 Å². The van der Waals surface area contributed by atoms with E-state index in [4.69, 9.17) is 20.6 Å². The van der Waals surface area contributed by atoms with Gasteiger partial charge in [0.2, 0.25) is 0 Å². The van der Waals surface area contributed by atoms with E-state index in [-0.39, 0.29) is 43.6 Å². The summed E-state index contributed by atoms with van der Waals surface area (Å²) in [6, 6.07) is -8.97. The molecule has 0 fully saturated rings. The van der Waals surface area contributed by atoms with Gasteiger partial charge in [-0.05, 0) is 36.3 Å². The van der Waals surface area contributed by atoms with Crippen LogP contribution in [0.4, 0.5) is 0 Å². The fourth-order valence-corrected chi connectivity index (χ4v) is 3.15. The highest BCUT2D eigenvalue weighted by Gasteiger charge is 2.12. The molecule has 6 aromatic rings. The third-order valence-corrected chi connectivity index (χ3v) is 4.24. The highest BCUT2D eigenvalue weighted by atomic mass is 15.0. The Balaban J connectivity index is 1.99. The molecule has 0 aliphatic rings. The fraction of sp³-hybridized carbons (Fsp3) is 0. The van der Waals surface area contributed by atoms with Crippen LogP contribution < -0.4 is 0 Å². The number of nitrogens with one attached hydrogen (secondary N) is 1. The van der Waals surface area contributed by atoms with Gasteiger partial charge in [-0.1, -0.05) is 54.4 Å². The Morgan fingerprint density at radius 2 is 1.15 bits per heavy atom. The zero-order valence-corrected chi connectivity index (χ0v) is 12.9. The number of benzene rings is 4. The van der Waals surface area contributed by atoms with Crippen LogP contribution in [-0.2, 0) is 0 Å². The lowest BCUT2D eigenvalue weighted by molar-refractivity contribution is 1.19. The SMILES string of the molecule is [2H]c1c([2H])c([2H])c2c([nH]c3c([2H])c([2H])c(-n4c5c([2H])c([2H])c([2H])c([2H])c5c5c([2H])c([2H])c([2H])c([2H])c54)c([2H])c32)c1[2H]. The largest absolute Gasteiger partial charge is 0.355 e. The average molecular weight is 347 g/mol. The third kappa shape index (κ3) is 1.76. The number of rotatable bonds is 1. The zero-order chi connectivity index (χ0) is 30.1. The Hall–Kier alpha value is -3.52. The van der Waals surface area contributed by atoms with Gasteiger partial charge in [0.1, 0.15) is 0 Å². The van der Waals surface area contributed by atoms with Crippen LogP contribution in [-0.4, -0.2) is 9.55 Å². The number of nitrogens with zero attached hydrogens (tertiary/aromatic N) is 1. The topological polar surface area (TPSA) is 20.7 Å². The number of aromatic amines is 1. The number of hydrogen-bond acceptors (Lipinski definition) is 0. The van der Waals surface area contributed by atoms with Crippen molar-refractivity contribution in [2.45, 2.75) is 0 Å². The molecule has 0 aliphatic heterocycles. The molecule has 0 radical (unpaired) electrons. The Morgan fingerprint density at radius 1 is 0.577 bits per heavy atom. The predicted molar refractivity (Wildman–Crippen MR) is 110 cm³/mol. The second-order valence-corrected chi connectivity index (χ2v) is 5.63. The van der Waals surface area contributed by atoms with Crippen LogP contribution in [0.2, 0.25) is 0 Å². The lowest BCUT2D eigenvalue weighted by Gasteiger charge is -2.08. The summed E-state index contributed by atoms with van der Waals surface area (Å²) < 4.78 is 128. The van der Waals surface area contributed by atoms with Gasteiger partial charge in [0.05, 0.1) is 31.6 Å². The van der Waals surface area contributed by atoms with Gasteiger partial charge in [0.25, 0.3) is 0 Å². The molecular weight excluding hydrogens is 316 g/mol. The van der Waals surface area contributed by atoms with Gasteiger partial charge < -0.3 is 9.55 Å². The Kier molecular flexibility index (Phi) is 1.10. The van der Waals surface area contributed by atoms with Crippen molar-refractivity contribution in [2.75, 3.05) is 0 Å². The second kappa shape index (κ2) is 4.99. The number of H-pyrrole nitrogens is 1. The van der Waals surface area contributed by atoms with Crippen molar-refractivity contribution in [3.63, 3.8) is 0 Å². The summed E-state index contributed by atoms with van der Waals surface area (Å²) in [7, 11) is 0. The number of fused-ring (bicyclic) bond motifs is 6. The van der Waals surface area contributed by atoms with Gasteiger partial charge in [-0.25, -0.2) is 0 Å². The van der Waals surface area contributed by atoms with E-state index in [1.54, 1.807) is 0 Å². The van der Waals surface area contributed by atoms with Gasteiger partial charge in [0, 0.05) is 38.3 Å². The first-order valence-electron chi connectivity index (χ1n) is 15.2. The third-order valence-electron chi connectivity index (χ3n) is 4.24. The summed E-state index contributed by atoms with van der Waals surface area (Å²) in [4.78, 5) is 2.73. The summed E-state index contributed by atoms with van der Waals surface area (Å²) in [6.45, 7) is 0. The minimum Gasteiger partial charge on any atom is -0.355 e. The molecule has 1 N–H and O–H groups in total. The number of para-hydroxylation sites is 3. The van der Waals surface area contributed by atoms with Gasteiger partial charge in [-0.2, -0.15) is 0 Å². The van der Waals surface area contributed by atoms with Crippen LogP contribution in [0.25, 0.3) is 49.3 Å². The summed E-state index contributed by atoms with van der Waals surface area (Å²) in [5.41, 5.74) is -1.35. The van der Waals surface area contributed by atoms with Crippen LogP contribution in [0.15, 0.2) is 90.6 Å². The normalized spacial score (nSPS) is 19.9. The van der Waals surface area contributed by atoms with E-state index in [1.165, 1.54) is 0 Å². The fourth-order valence-electron chi connectivity index (χ4n) is 3.15. The Bertz CT molecular complexity index is 2130. The van der Waals surface area contributed by atoms with Crippen molar-refractivity contribution in [1.29, 1.82) is 0 Å². The molecule has 0 spiro atoms. The van der Waals surface area contributed by atoms with E-state index < -0.39 is 96.3 Å². The molecule has 0 unspecified atom stereocenters. The van der Waals surface area contributed by atoms with Crippen LogP contribution in [0.3, 0.4) is 0 Å². The number of aromatic nitrogens is 2. The first kappa shape index (κ1) is 5.75. The summed E-state index contributed by atoms with van der Waals surface area (Å²) in [5.74, 6) is 0. The van der Waals surface area contributed by atoms with E-state index >= 15 is 0 Å². The van der Waals surface area contributed by atoms with Gasteiger partial charge in [-0.3, -0.25) is 0 Å². The van der Waals surface area contributed by atoms with Crippen molar-refractivity contribution in [3.05, 3.63) is 90.6 Å². The molecule has 2 aromatic heterocycles. The molecule has 122 valence electrons. The van der Waals surface area contributed by atoms with E-state index in [0.717, 1.165) is 4.57 Å². The molecule has 26 heavy (non-hydrogen) atoms. The zero-order valence-electron chi connectivity index (χ0n) is 27.9. The molecule has 6 rings (SSSR count). The molecule has 4 aromatic carbocycles. The lowest BCUT2D eigenvalue weighted by atomic mass is 10.1. The molecule has 0 atom stereocenters. The first-order chi connectivity index (χ1) is 19.1. The Morgan fingerprint density at radius 3 is 1.88 bits per heavy atom. The van der Waals surface area contributed by atoms with Crippen molar-refractivity contribution >= 4 is 43.6 Å². The van der Waals surface area contributed by atoms with Crippen LogP contribution in [0.5, 0.6) is 0 Å². The van der Waals surface area contributed by atoms with Crippen molar-refractivity contribution in [1.82, 2.24) is 9.55 Å². The van der Waals surface area contributed by atoms with E-state index in [9.17, 15) is 0 Å². The number of hydrogen-bond donors (Lipinski definition) is 1. The van der Waals surface area contributed by atoms with E-state index in [0.29, 0.717) is 0 Å². The summed E-state index contributed by atoms with van der Waals surface area (Å²) in [5, 5.41) is -0.802. The quantitative estimate of drug-likeness (QED) is 0.354. The second-order valence-electron chi connectivity index (χ2n) is 5.63. The maximum Gasteiger partial charge on any atom is 0.0652 e. The molecular formula is C24H16N2. The molecule has 2 nitrogen and oxygen atoms in total. The summed E-state index contributed by atoms with van der Waals surface area (Å²) >= 11 is 0. The molecule has 0 amide bonds. The molecule has 2 heterocycles. The van der Waals surface area contributed by atoms with Gasteiger partial charge >= 0.3 is 0 Å². The maximum atomic E-state index is 9.15. The highest BCUT2D eigenvalue weighted by Crippen LogP contribution is 2.34. The average Bonchev–Trinajstić information content (AvgIpc) is 3.52. The minimum absolute atomic E-state index is 0.101. The summed E-state index contributed by atoms with van der Waals surface area (Å²) in [6.07, 6.45) is 0. The molecule has 2 heteroatoms. The van der Waals surface area contributed by atoms with Crippen molar-refractivity contribution < 1.29 is 20.6 Å². The maximum absolute atomic E-state index is 9.15. The van der Waals surface area contributed by atoms with Crippen molar-refractivity contribution in [3.8, 4) is 5.69 Å². The van der Waals surface area contributed by atoms with Gasteiger partial charge in [0.15, 0.2) is 0 Å². The molecule has 0 bridgehead atoms. The molecule has 0 saturated carbocycles. The first-order valence-corrected chi connectivity index (χ1v) is 7.67. The van der Waals surface area contributed by atoms with Crippen molar-refractivity contribution in [2.24, 2.45) is 0 Å². The highest BCUT2D eigenvalue weighted by molar-refractivity contribution is 6.11. The smallest absolute Gasteiger partial charge is 0.0652 e. The minimum atomic E-state index is -0.687. The monoisotopic (exact) mass is 347 g/mol. The Labute approximate surface area is 171 Å². The molecule has 0 aliphatic carbocycles. The molecule has 0 saturated heterocycles. The lowest BCUT2D eigenvalue weighted by Crippen LogP contribution is -1.93. The van der Waals surface area contributed by atoms with Gasteiger partial charge in [-0.15, -0.1) is 0 Å². The van der Waals surface area contributed by atoms with Crippen LogP contribution in [0, 0.1) is 0 Å². The van der Waals surface area contributed by atoms with Crippen LogP contribution >= 0.6 is 0 Å². The van der Waals surface area contributed by atoms with E-state index in [1.807, 2.05) is 0 Å². The van der Waals surface area contributed by atoms with E-state index in [2.05, 4.69) is 4.98 Å².